The van der Waals surface area contributed by atoms with Crippen molar-refractivity contribution in [2.45, 2.75) is 18.3 Å². The van der Waals surface area contributed by atoms with Gasteiger partial charge in [0.1, 0.15) is 0 Å². The third kappa shape index (κ3) is 2.65. The maximum Gasteiger partial charge on any atom is 0.312 e. The molecule has 0 aliphatic carbocycles. The molecule has 17 heavy (non-hydrogen) atoms. The zero-order valence-electron chi connectivity index (χ0n) is 9.63. The van der Waals surface area contributed by atoms with Crippen LogP contribution in [0.15, 0.2) is 24.3 Å². The minimum absolute atomic E-state index is 0.126. The van der Waals surface area contributed by atoms with Crippen LogP contribution in [0.25, 0.3) is 0 Å². The van der Waals surface area contributed by atoms with Crippen LogP contribution in [-0.2, 0) is 9.53 Å². The monoisotopic (exact) mass is 235 g/mol. The fourth-order valence-electron chi connectivity index (χ4n) is 2.18. The predicted octanol–water partition coefficient (Wildman–Crippen LogP) is 1.32. The topological polar surface area (TPSA) is 72.6 Å². The number of carbonyl (C=O) groups is 1. The van der Waals surface area contributed by atoms with E-state index in [4.69, 9.17) is 15.6 Å². The molecule has 92 valence electrons. The summed E-state index contributed by atoms with van der Waals surface area (Å²) < 4.78 is 5.33. The lowest BCUT2D eigenvalue weighted by atomic mass is 9.93. The molecule has 0 amide bonds. The number of aliphatic carboxylic acids is 1. The molecule has 2 atom stereocenters. The second-order valence-corrected chi connectivity index (χ2v) is 4.35. The lowest BCUT2D eigenvalue weighted by Crippen LogP contribution is -2.21. The summed E-state index contributed by atoms with van der Waals surface area (Å²) in [6, 6.07) is 7.69. The fraction of sp³-hybridized carbons (Fsp3) is 0.462. The van der Waals surface area contributed by atoms with Crippen LogP contribution in [0.1, 0.15) is 29.4 Å². The van der Waals surface area contributed by atoms with Crippen molar-refractivity contribution in [2.75, 3.05) is 19.8 Å². The maximum absolute atomic E-state index is 11.0. The summed E-state index contributed by atoms with van der Waals surface area (Å²) in [5.41, 5.74) is 7.45. The van der Waals surface area contributed by atoms with E-state index in [-0.39, 0.29) is 6.54 Å². The lowest BCUT2D eigenvalue weighted by Gasteiger charge is -2.12. The fourth-order valence-corrected chi connectivity index (χ4v) is 2.18. The summed E-state index contributed by atoms with van der Waals surface area (Å²) in [7, 11) is 0. The normalized spacial score (nSPS) is 21.4. The highest BCUT2D eigenvalue weighted by molar-refractivity contribution is 5.76. The molecule has 0 bridgehead atoms. The SMILES string of the molecule is NCC(C(=O)O)c1ccc(C2CCOC2)cc1. The van der Waals surface area contributed by atoms with Crippen molar-refractivity contribution in [1.29, 1.82) is 0 Å². The van der Waals surface area contributed by atoms with Gasteiger partial charge >= 0.3 is 5.97 Å². The Kier molecular flexibility index (Phi) is 3.76. The second kappa shape index (κ2) is 5.29. The summed E-state index contributed by atoms with van der Waals surface area (Å²) in [4.78, 5) is 11.0. The van der Waals surface area contributed by atoms with Gasteiger partial charge in [-0.25, -0.2) is 0 Å². The lowest BCUT2D eigenvalue weighted by molar-refractivity contribution is -0.138. The second-order valence-electron chi connectivity index (χ2n) is 4.35. The van der Waals surface area contributed by atoms with Crippen LogP contribution >= 0.6 is 0 Å². The van der Waals surface area contributed by atoms with Gasteiger partial charge < -0.3 is 15.6 Å². The molecule has 1 aliphatic rings. The van der Waals surface area contributed by atoms with Gasteiger partial charge in [-0.2, -0.15) is 0 Å². The van der Waals surface area contributed by atoms with Gasteiger partial charge in [0.2, 0.25) is 0 Å². The largest absolute Gasteiger partial charge is 0.481 e. The van der Waals surface area contributed by atoms with Crippen LogP contribution in [0.5, 0.6) is 0 Å². The number of benzene rings is 1. The molecule has 1 fully saturated rings. The standard InChI is InChI=1S/C13H17NO3/c14-7-12(13(15)16)10-3-1-9(2-4-10)11-5-6-17-8-11/h1-4,11-12H,5-8,14H2,(H,15,16). The minimum Gasteiger partial charge on any atom is -0.481 e. The highest BCUT2D eigenvalue weighted by Crippen LogP contribution is 2.26. The molecular formula is C13H17NO3. The van der Waals surface area contributed by atoms with E-state index < -0.39 is 11.9 Å². The van der Waals surface area contributed by atoms with E-state index in [1.165, 1.54) is 5.56 Å². The molecule has 1 saturated heterocycles. The van der Waals surface area contributed by atoms with E-state index in [2.05, 4.69) is 0 Å². The van der Waals surface area contributed by atoms with Crippen LogP contribution in [0.2, 0.25) is 0 Å². The number of carboxylic acids is 1. The van der Waals surface area contributed by atoms with Crippen LogP contribution in [0.3, 0.4) is 0 Å². The molecule has 1 aromatic rings. The first-order valence-electron chi connectivity index (χ1n) is 5.83. The van der Waals surface area contributed by atoms with Crippen molar-refractivity contribution in [3.8, 4) is 0 Å². The van der Waals surface area contributed by atoms with Gasteiger partial charge in [0.25, 0.3) is 0 Å². The van der Waals surface area contributed by atoms with Crippen molar-refractivity contribution < 1.29 is 14.6 Å². The summed E-state index contributed by atoms with van der Waals surface area (Å²) in [5, 5.41) is 9.01. The van der Waals surface area contributed by atoms with E-state index in [0.29, 0.717) is 5.92 Å². The van der Waals surface area contributed by atoms with Gasteiger partial charge in [-0.3, -0.25) is 4.79 Å². The number of carboxylic acid groups (broad SMARTS) is 1. The summed E-state index contributed by atoms with van der Waals surface area (Å²) in [5.74, 6) is -1.03. The molecular weight excluding hydrogens is 218 g/mol. The average Bonchev–Trinajstić information content (AvgIpc) is 2.84. The molecule has 4 nitrogen and oxygen atoms in total. The minimum atomic E-state index is -0.871. The molecule has 0 spiro atoms. The zero-order valence-corrected chi connectivity index (χ0v) is 9.63. The van der Waals surface area contributed by atoms with Gasteiger partial charge in [-0.05, 0) is 17.5 Å². The van der Waals surface area contributed by atoms with Gasteiger partial charge in [0.05, 0.1) is 12.5 Å². The van der Waals surface area contributed by atoms with Crippen molar-refractivity contribution in [1.82, 2.24) is 0 Å². The molecule has 2 unspecified atom stereocenters. The van der Waals surface area contributed by atoms with E-state index in [9.17, 15) is 4.79 Å². The first-order chi connectivity index (χ1) is 8.22. The molecule has 3 N–H and O–H groups in total. The molecule has 0 aromatic heterocycles. The first-order valence-corrected chi connectivity index (χ1v) is 5.83. The van der Waals surface area contributed by atoms with Crippen LogP contribution < -0.4 is 5.73 Å². The van der Waals surface area contributed by atoms with E-state index >= 15 is 0 Å². The third-order valence-corrected chi connectivity index (χ3v) is 3.27. The number of rotatable bonds is 4. The first kappa shape index (κ1) is 12.1. The maximum atomic E-state index is 11.0. The highest BCUT2D eigenvalue weighted by Gasteiger charge is 2.20. The Morgan fingerprint density at radius 1 is 1.47 bits per heavy atom. The number of ether oxygens (including phenoxy) is 1. The van der Waals surface area contributed by atoms with Crippen molar-refractivity contribution in [2.24, 2.45) is 5.73 Å². The van der Waals surface area contributed by atoms with Crippen LogP contribution in [0.4, 0.5) is 0 Å². The quantitative estimate of drug-likeness (QED) is 0.825. The summed E-state index contributed by atoms with van der Waals surface area (Å²) in [6.45, 7) is 1.70. The molecule has 0 saturated carbocycles. The Balaban J connectivity index is 2.14. The summed E-state index contributed by atoms with van der Waals surface area (Å²) in [6.07, 6.45) is 1.04. The highest BCUT2D eigenvalue weighted by atomic mass is 16.5. The van der Waals surface area contributed by atoms with Gasteiger partial charge in [0.15, 0.2) is 0 Å². The Morgan fingerprint density at radius 2 is 2.18 bits per heavy atom. The van der Waals surface area contributed by atoms with Crippen LogP contribution in [0, 0.1) is 0 Å². The molecule has 1 aliphatic heterocycles. The van der Waals surface area contributed by atoms with Gasteiger partial charge in [0, 0.05) is 19.1 Å². The Morgan fingerprint density at radius 3 is 2.65 bits per heavy atom. The number of hydrogen-bond acceptors (Lipinski definition) is 3. The smallest absolute Gasteiger partial charge is 0.312 e. The van der Waals surface area contributed by atoms with Crippen molar-refractivity contribution in [3.05, 3.63) is 35.4 Å². The molecule has 1 aromatic carbocycles. The van der Waals surface area contributed by atoms with Gasteiger partial charge in [-0.1, -0.05) is 24.3 Å². The molecule has 2 rings (SSSR count). The van der Waals surface area contributed by atoms with Crippen LogP contribution in [-0.4, -0.2) is 30.8 Å². The van der Waals surface area contributed by atoms with Gasteiger partial charge in [-0.15, -0.1) is 0 Å². The number of hydrogen-bond donors (Lipinski definition) is 2. The van der Waals surface area contributed by atoms with Crippen molar-refractivity contribution in [3.63, 3.8) is 0 Å². The zero-order chi connectivity index (χ0) is 12.3. The Labute approximate surface area is 100 Å². The van der Waals surface area contributed by atoms with Crippen molar-refractivity contribution >= 4 is 5.97 Å². The predicted molar refractivity (Wildman–Crippen MR) is 64.1 cm³/mol. The molecule has 4 heteroatoms. The Bertz CT molecular complexity index is 382. The molecule has 0 radical (unpaired) electrons. The average molecular weight is 235 g/mol. The molecule has 1 heterocycles. The summed E-state index contributed by atoms with van der Waals surface area (Å²) >= 11 is 0. The van der Waals surface area contributed by atoms with E-state index in [1.54, 1.807) is 0 Å². The van der Waals surface area contributed by atoms with E-state index in [1.807, 2.05) is 24.3 Å². The Hall–Kier alpha value is -1.39. The third-order valence-electron chi connectivity index (χ3n) is 3.27. The number of nitrogens with two attached hydrogens (primary N) is 1. The van der Waals surface area contributed by atoms with E-state index in [0.717, 1.165) is 25.2 Å².